The number of hydrogen-bond acceptors (Lipinski definition) is 3. The summed E-state index contributed by atoms with van der Waals surface area (Å²) < 4.78 is 37.0. The highest BCUT2D eigenvalue weighted by molar-refractivity contribution is 5.90. The molecule has 0 saturated carbocycles. The summed E-state index contributed by atoms with van der Waals surface area (Å²) in [6.45, 7) is 0.0964. The quantitative estimate of drug-likeness (QED) is 0.857. The van der Waals surface area contributed by atoms with E-state index in [0.717, 1.165) is 0 Å². The van der Waals surface area contributed by atoms with Gasteiger partial charge in [-0.15, -0.1) is 0 Å². The molecule has 92 valence electrons. The minimum Gasteiger partial charge on any atom is -0.545 e. The van der Waals surface area contributed by atoms with Gasteiger partial charge in [-0.05, 0) is 11.6 Å². The molecule has 2 rings (SSSR count). The van der Waals surface area contributed by atoms with E-state index in [-0.39, 0.29) is 17.7 Å². The number of halogens is 3. The first-order chi connectivity index (χ1) is 7.88. The molecule has 0 radical (unpaired) electrons. The van der Waals surface area contributed by atoms with E-state index in [4.69, 9.17) is 0 Å². The van der Waals surface area contributed by atoms with Gasteiger partial charge in [0, 0.05) is 23.7 Å². The van der Waals surface area contributed by atoms with Crippen molar-refractivity contribution >= 4 is 11.7 Å². The topological polar surface area (TPSA) is 52.2 Å². The first-order valence-electron chi connectivity index (χ1n) is 5.03. The standard InChI is InChI=1S/C11H10F3NO2/c12-11(13,14)4-6-5-15-8-3-1-2-7(9(6)8)10(16)17/h1-3,6,15H,4-5H2,(H,16,17)/p-1. The molecule has 1 N–H and O–H groups in total. The van der Waals surface area contributed by atoms with E-state index < -0.39 is 24.5 Å². The number of carbonyl (C=O) groups excluding carboxylic acids is 1. The summed E-state index contributed by atoms with van der Waals surface area (Å²) in [6, 6.07) is 4.32. The summed E-state index contributed by atoms with van der Waals surface area (Å²) in [5, 5.41) is 13.6. The lowest BCUT2D eigenvalue weighted by Crippen LogP contribution is -2.25. The Hall–Kier alpha value is -1.72. The fourth-order valence-electron chi connectivity index (χ4n) is 2.13. The molecular formula is C11H9F3NO2-. The Morgan fingerprint density at radius 2 is 2.18 bits per heavy atom. The first-order valence-corrected chi connectivity index (χ1v) is 5.03. The van der Waals surface area contributed by atoms with E-state index >= 15 is 0 Å². The van der Waals surface area contributed by atoms with Crippen LogP contribution in [-0.2, 0) is 0 Å². The predicted octanol–water partition coefficient (Wildman–Crippen LogP) is 1.51. The van der Waals surface area contributed by atoms with Gasteiger partial charge in [0.25, 0.3) is 0 Å². The van der Waals surface area contributed by atoms with Crippen LogP contribution in [0.2, 0.25) is 0 Å². The number of anilines is 1. The molecule has 0 aromatic heterocycles. The number of alkyl halides is 3. The van der Waals surface area contributed by atoms with Crippen molar-refractivity contribution in [2.45, 2.75) is 18.5 Å². The van der Waals surface area contributed by atoms with Gasteiger partial charge in [0.1, 0.15) is 0 Å². The number of carbonyl (C=O) groups is 1. The molecule has 0 amide bonds. The average Bonchev–Trinajstić information content (AvgIpc) is 2.59. The molecule has 0 aliphatic carbocycles. The highest BCUT2D eigenvalue weighted by Crippen LogP contribution is 2.40. The summed E-state index contributed by atoms with van der Waals surface area (Å²) in [5.74, 6) is -2.31. The Balaban J connectivity index is 2.39. The maximum atomic E-state index is 12.3. The Kier molecular flexibility index (Phi) is 2.73. The first kappa shape index (κ1) is 11.8. The third-order valence-electron chi connectivity index (χ3n) is 2.75. The number of aromatic carboxylic acids is 1. The summed E-state index contributed by atoms with van der Waals surface area (Å²) >= 11 is 0. The molecule has 1 unspecified atom stereocenters. The second kappa shape index (κ2) is 3.94. The normalized spacial score (nSPS) is 18.6. The Morgan fingerprint density at radius 3 is 2.76 bits per heavy atom. The van der Waals surface area contributed by atoms with E-state index in [9.17, 15) is 23.1 Å². The molecule has 17 heavy (non-hydrogen) atoms. The van der Waals surface area contributed by atoms with Crippen molar-refractivity contribution in [1.29, 1.82) is 0 Å². The van der Waals surface area contributed by atoms with Crippen molar-refractivity contribution in [3.63, 3.8) is 0 Å². The summed E-state index contributed by atoms with van der Waals surface area (Å²) in [7, 11) is 0. The fourth-order valence-corrected chi connectivity index (χ4v) is 2.13. The lowest BCUT2D eigenvalue weighted by Gasteiger charge is -2.16. The average molecular weight is 244 g/mol. The van der Waals surface area contributed by atoms with Gasteiger partial charge in [0.05, 0.1) is 12.4 Å². The zero-order valence-corrected chi connectivity index (χ0v) is 8.67. The van der Waals surface area contributed by atoms with Gasteiger partial charge in [-0.25, -0.2) is 0 Å². The Morgan fingerprint density at radius 1 is 1.47 bits per heavy atom. The SMILES string of the molecule is O=C([O-])c1cccc2c1C(CC(F)(F)F)CN2. The van der Waals surface area contributed by atoms with Crippen LogP contribution in [-0.4, -0.2) is 18.7 Å². The molecule has 1 aromatic rings. The second-order valence-corrected chi connectivity index (χ2v) is 3.95. The van der Waals surface area contributed by atoms with Gasteiger partial charge in [-0.2, -0.15) is 13.2 Å². The summed E-state index contributed by atoms with van der Waals surface area (Å²) in [4.78, 5) is 10.9. The number of rotatable bonds is 2. The van der Waals surface area contributed by atoms with Gasteiger partial charge in [-0.1, -0.05) is 12.1 Å². The molecule has 1 aliphatic heterocycles. The monoisotopic (exact) mass is 244 g/mol. The van der Waals surface area contributed by atoms with E-state index in [1.54, 1.807) is 6.07 Å². The van der Waals surface area contributed by atoms with Crippen LogP contribution in [0.1, 0.15) is 28.3 Å². The molecule has 1 atom stereocenters. The second-order valence-electron chi connectivity index (χ2n) is 3.95. The molecule has 1 heterocycles. The van der Waals surface area contributed by atoms with Gasteiger partial charge in [0.2, 0.25) is 0 Å². The summed E-state index contributed by atoms with van der Waals surface area (Å²) in [5.41, 5.74) is 0.479. The van der Waals surface area contributed by atoms with Crippen molar-refractivity contribution in [2.24, 2.45) is 0 Å². The molecule has 1 aliphatic rings. The van der Waals surface area contributed by atoms with Gasteiger partial charge < -0.3 is 15.2 Å². The van der Waals surface area contributed by atoms with E-state index in [0.29, 0.717) is 5.69 Å². The van der Waals surface area contributed by atoms with Crippen LogP contribution >= 0.6 is 0 Å². The Bertz CT molecular complexity index is 457. The molecule has 0 spiro atoms. The van der Waals surface area contributed by atoms with Gasteiger partial charge in [-0.3, -0.25) is 0 Å². The highest BCUT2D eigenvalue weighted by atomic mass is 19.4. The number of benzene rings is 1. The van der Waals surface area contributed by atoms with Crippen molar-refractivity contribution < 1.29 is 23.1 Å². The molecule has 1 aromatic carbocycles. The maximum Gasteiger partial charge on any atom is 0.389 e. The van der Waals surface area contributed by atoms with E-state index in [2.05, 4.69) is 5.32 Å². The van der Waals surface area contributed by atoms with E-state index in [1.807, 2.05) is 0 Å². The van der Waals surface area contributed by atoms with Crippen LogP contribution in [0, 0.1) is 0 Å². The fraction of sp³-hybridized carbons (Fsp3) is 0.364. The van der Waals surface area contributed by atoms with Crippen LogP contribution < -0.4 is 10.4 Å². The third-order valence-corrected chi connectivity index (χ3v) is 2.75. The van der Waals surface area contributed by atoms with Gasteiger partial charge in [0.15, 0.2) is 0 Å². The number of fused-ring (bicyclic) bond motifs is 1. The number of nitrogens with one attached hydrogen (secondary N) is 1. The minimum absolute atomic E-state index is 0.0964. The molecule has 6 heteroatoms. The van der Waals surface area contributed by atoms with Crippen LogP contribution in [0.5, 0.6) is 0 Å². The van der Waals surface area contributed by atoms with Crippen molar-refractivity contribution in [3.05, 3.63) is 29.3 Å². The molecule has 3 nitrogen and oxygen atoms in total. The lowest BCUT2D eigenvalue weighted by molar-refractivity contribution is -0.255. The van der Waals surface area contributed by atoms with Gasteiger partial charge >= 0.3 is 6.18 Å². The lowest BCUT2D eigenvalue weighted by atomic mass is 9.93. The van der Waals surface area contributed by atoms with Crippen molar-refractivity contribution in [3.8, 4) is 0 Å². The van der Waals surface area contributed by atoms with E-state index in [1.165, 1.54) is 12.1 Å². The summed E-state index contributed by atoms with van der Waals surface area (Å²) in [6.07, 6.45) is -5.34. The highest BCUT2D eigenvalue weighted by Gasteiger charge is 2.36. The molecule has 0 saturated heterocycles. The molecule has 0 bridgehead atoms. The molecular weight excluding hydrogens is 235 g/mol. The van der Waals surface area contributed by atoms with Crippen LogP contribution in [0.3, 0.4) is 0 Å². The minimum atomic E-state index is -4.31. The maximum absolute atomic E-state index is 12.3. The largest absolute Gasteiger partial charge is 0.545 e. The Labute approximate surface area is 95.3 Å². The number of hydrogen-bond donors (Lipinski definition) is 1. The smallest absolute Gasteiger partial charge is 0.389 e. The van der Waals surface area contributed by atoms with Crippen LogP contribution in [0.25, 0.3) is 0 Å². The zero-order chi connectivity index (χ0) is 12.6. The van der Waals surface area contributed by atoms with Crippen LogP contribution in [0.15, 0.2) is 18.2 Å². The number of carboxylic acids is 1. The van der Waals surface area contributed by atoms with Crippen LogP contribution in [0.4, 0.5) is 18.9 Å². The number of carboxylic acid groups (broad SMARTS) is 1. The zero-order valence-electron chi connectivity index (χ0n) is 8.67. The molecule has 0 fully saturated rings. The third kappa shape index (κ3) is 2.35. The van der Waals surface area contributed by atoms with Crippen molar-refractivity contribution in [1.82, 2.24) is 0 Å². The predicted molar refractivity (Wildman–Crippen MR) is 52.7 cm³/mol. The van der Waals surface area contributed by atoms with Crippen molar-refractivity contribution in [2.75, 3.05) is 11.9 Å².